The average molecular weight is 196 g/mol. The van der Waals surface area contributed by atoms with Crippen molar-refractivity contribution in [1.82, 2.24) is 14.8 Å². The Bertz CT molecular complexity index is 297. The Labute approximate surface area is 83.0 Å². The first kappa shape index (κ1) is 10.1. The molecule has 0 bridgehead atoms. The van der Waals surface area contributed by atoms with Crippen molar-refractivity contribution in [1.29, 1.82) is 5.26 Å². The number of hydrogen-bond acceptors (Lipinski definition) is 4. The van der Waals surface area contributed by atoms with Crippen LogP contribution in [-0.2, 0) is 6.54 Å². The van der Waals surface area contributed by atoms with Crippen molar-refractivity contribution >= 4 is 12.6 Å². The SMILES string of the molecule is CCC(CS)Cn1cnc(C#N)n1. The van der Waals surface area contributed by atoms with Gasteiger partial charge in [0, 0.05) is 6.54 Å². The van der Waals surface area contributed by atoms with Crippen LogP contribution in [0.1, 0.15) is 19.2 Å². The summed E-state index contributed by atoms with van der Waals surface area (Å²) in [6.45, 7) is 2.90. The molecule has 0 aliphatic carbocycles. The van der Waals surface area contributed by atoms with Gasteiger partial charge >= 0.3 is 0 Å². The third kappa shape index (κ3) is 2.74. The van der Waals surface area contributed by atoms with E-state index >= 15 is 0 Å². The number of thiol groups is 1. The van der Waals surface area contributed by atoms with Gasteiger partial charge in [0.05, 0.1) is 0 Å². The highest BCUT2D eigenvalue weighted by molar-refractivity contribution is 7.80. The highest BCUT2D eigenvalue weighted by atomic mass is 32.1. The molecule has 4 nitrogen and oxygen atoms in total. The molecule has 1 rings (SSSR count). The normalized spacial score (nSPS) is 12.4. The van der Waals surface area contributed by atoms with E-state index in [4.69, 9.17) is 5.26 Å². The van der Waals surface area contributed by atoms with Crippen molar-refractivity contribution < 1.29 is 0 Å². The summed E-state index contributed by atoms with van der Waals surface area (Å²) in [6, 6.07) is 1.89. The molecule has 0 aromatic carbocycles. The van der Waals surface area contributed by atoms with Crippen molar-refractivity contribution in [3.05, 3.63) is 12.2 Å². The molecule has 0 aliphatic heterocycles. The van der Waals surface area contributed by atoms with E-state index in [2.05, 4.69) is 29.6 Å². The summed E-state index contributed by atoms with van der Waals surface area (Å²) in [7, 11) is 0. The number of nitriles is 1. The van der Waals surface area contributed by atoms with Gasteiger partial charge in [0.25, 0.3) is 5.82 Å². The van der Waals surface area contributed by atoms with Crippen molar-refractivity contribution in [2.24, 2.45) is 5.92 Å². The van der Waals surface area contributed by atoms with Gasteiger partial charge in [-0.05, 0) is 11.7 Å². The maximum atomic E-state index is 8.50. The number of aromatic nitrogens is 3. The van der Waals surface area contributed by atoms with E-state index < -0.39 is 0 Å². The minimum atomic E-state index is 0.231. The van der Waals surface area contributed by atoms with Crippen molar-refractivity contribution in [3.8, 4) is 6.07 Å². The van der Waals surface area contributed by atoms with Crippen LogP contribution in [0.25, 0.3) is 0 Å². The predicted octanol–water partition coefficient (Wildman–Crippen LogP) is 1.11. The van der Waals surface area contributed by atoms with Gasteiger partial charge in [-0.3, -0.25) is 4.68 Å². The fourth-order valence-electron chi connectivity index (χ4n) is 1.01. The molecule has 0 saturated carbocycles. The van der Waals surface area contributed by atoms with Crippen LogP contribution >= 0.6 is 12.6 Å². The summed E-state index contributed by atoms with van der Waals surface area (Å²) >= 11 is 4.23. The fourth-order valence-corrected chi connectivity index (χ4v) is 1.39. The van der Waals surface area contributed by atoms with Crippen LogP contribution < -0.4 is 0 Å². The molecule has 0 radical (unpaired) electrons. The van der Waals surface area contributed by atoms with Crippen LogP contribution in [-0.4, -0.2) is 20.5 Å². The van der Waals surface area contributed by atoms with E-state index in [0.717, 1.165) is 18.7 Å². The Morgan fingerprint density at radius 3 is 3.00 bits per heavy atom. The minimum Gasteiger partial charge on any atom is -0.251 e. The van der Waals surface area contributed by atoms with Gasteiger partial charge in [-0.2, -0.15) is 17.9 Å². The first-order valence-corrected chi connectivity index (χ1v) is 4.83. The van der Waals surface area contributed by atoms with Gasteiger partial charge < -0.3 is 0 Å². The summed E-state index contributed by atoms with van der Waals surface area (Å²) in [5.41, 5.74) is 0. The van der Waals surface area contributed by atoms with Gasteiger partial charge in [0.2, 0.25) is 0 Å². The largest absolute Gasteiger partial charge is 0.252 e. The fraction of sp³-hybridized carbons (Fsp3) is 0.625. The standard InChI is InChI=1S/C8H12N4S/c1-2-7(5-13)4-12-6-10-8(3-9)11-12/h6-7,13H,2,4-5H2,1H3. The Kier molecular flexibility index (Phi) is 3.77. The Balaban J connectivity index is 2.58. The summed E-state index contributed by atoms with van der Waals surface area (Å²) in [5, 5.41) is 12.5. The third-order valence-electron chi connectivity index (χ3n) is 1.92. The van der Waals surface area contributed by atoms with Gasteiger partial charge in [-0.1, -0.05) is 13.3 Å². The zero-order valence-corrected chi connectivity index (χ0v) is 8.41. The topological polar surface area (TPSA) is 54.5 Å². The lowest BCUT2D eigenvalue weighted by molar-refractivity contribution is 0.445. The molecule has 5 heteroatoms. The summed E-state index contributed by atoms with van der Waals surface area (Å²) in [6.07, 6.45) is 2.65. The van der Waals surface area contributed by atoms with E-state index in [1.54, 1.807) is 11.0 Å². The summed E-state index contributed by atoms with van der Waals surface area (Å²) in [4.78, 5) is 3.82. The lowest BCUT2D eigenvalue weighted by Crippen LogP contribution is -2.12. The molecule has 0 N–H and O–H groups in total. The number of hydrogen-bond donors (Lipinski definition) is 1. The molecular formula is C8H12N4S. The van der Waals surface area contributed by atoms with Crippen molar-refractivity contribution in [2.75, 3.05) is 5.75 Å². The Morgan fingerprint density at radius 1 is 1.77 bits per heavy atom. The molecule has 13 heavy (non-hydrogen) atoms. The van der Waals surface area contributed by atoms with Gasteiger partial charge in [-0.15, -0.1) is 5.10 Å². The molecule has 1 aromatic rings. The second kappa shape index (κ2) is 4.87. The van der Waals surface area contributed by atoms with Crippen LogP contribution in [0.5, 0.6) is 0 Å². The van der Waals surface area contributed by atoms with Crippen LogP contribution in [0, 0.1) is 17.2 Å². The van der Waals surface area contributed by atoms with Gasteiger partial charge in [0.1, 0.15) is 12.4 Å². The highest BCUT2D eigenvalue weighted by Crippen LogP contribution is 2.07. The molecule has 0 amide bonds. The molecule has 1 aromatic heterocycles. The second-order valence-electron chi connectivity index (χ2n) is 2.86. The number of rotatable bonds is 4. The second-order valence-corrected chi connectivity index (χ2v) is 3.22. The minimum absolute atomic E-state index is 0.231. The first-order chi connectivity index (χ1) is 6.30. The van der Waals surface area contributed by atoms with Crippen LogP contribution in [0.3, 0.4) is 0 Å². The summed E-state index contributed by atoms with van der Waals surface area (Å²) in [5.74, 6) is 1.56. The van der Waals surface area contributed by atoms with Gasteiger partial charge in [-0.25, -0.2) is 4.98 Å². The molecular weight excluding hydrogens is 184 g/mol. The molecule has 0 aliphatic rings. The van der Waals surface area contributed by atoms with Gasteiger partial charge in [0.15, 0.2) is 0 Å². The Hall–Kier alpha value is -1.02. The monoisotopic (exact) mass is 196 g/mol. The van der Waals surface area contributed by atoms with E-state index in [0.29, 0.717) is 5.92 Å². The lowest BCUT2D eigenvalue weighted by Gasteiger charge is -2.10. The van der Waals surface area contributed by atoms with Crippen LogP contribution in [0.4, 0.5) is 0 Å². The van der Waals surface area contributed by atoms with E-state index in [-0.39, 0.29) is 5.82 Å². The molecule has 0 spiro atoms. The van der Waals surface area contributed by atoms with E-state index in [1.165, 1.54) is 0 Å². The van der Waals surface area contributed by atoms with Crippen LogP contribution in [0.15, 0.2) is 6.33 Å². The van der Waals surface area contributed by atoms with Crippen LogP contribution in [0.2, 0.25) is 0 Å². The zero-order valence-electron chi connectivity index (χ0n) is 7.51. The quantitative estimate of drug-likeness (QED) is 0.734. The Morgan fingerprint density at radius 2 is 2.54 bits per heavy atom. The lowest BCUT2D eigenvalue weighted by atomic mass is 10.1. The van der Waals surface area contributed by atoms with Crippen molar-refractivity contribution in [2.45, 2.75) is 19.9 Å². The molecule has 0 fully saturated rings. The van der Waals surface area contributed by atoms with E-state index in [9.17, 15) is 0 Å². The average Bonchev–Trinajstić information content (AvgIpc) is 2.61. The number of nitrogens with zero attached hydrogens (tertiary/aromatic N) is 4. The molecule has 70 valence electrons. The molecule has 1 unspecified atom stereocenters. The maximum absolute atomic E-state index is 8.50. The molecule has 1 atom stereocenters. The maximum Gasteiger partial charge on any atom is 0.252 e. The molecule has 0 saturated heterocycles. The van der Waals surface area contributed by atoms with Crippen molar-refractivity contribution in [3.63, 3.8) is 0 Å². The summed E-state index contributed by atoms with van der Waals surface area (Å²) < 4.78 is 1.70. The third-order valence-corrected chi connectivity index (χ3v) is 2.43. The molecule has 1 heterocycles. The van der Waals surface area contributed by atoms with E-state index in [1.807, 2.05) is 6.07 Å². The first-order valence-electron chi connectivity index (χ1n) is 4.20. The predicted molar refractivity (Wildman–Crippen MR) is 52.4 cm³/mol. The smallest absolute Gasteiger partial charge is 0.251 e. The zero-order chi connectivity index (χ0) is 9.68. The highest BCUT2D eigenvalue weighted by Gasteiger charge is 2.06.